The molecule has 5 rings (SSSR count). The first-order valence-electron chi connectivity index (χ1n) is 9.59. The van der Waals surface area contributed by atoms with Crippen molar-refractivity contribution in [1.29, 1.82) is 0 Å². The summed E-state index contributed by atoms with van der Waals surface area (Å²) < 4.78 is 12.5. The van der Waals surface area contributed by atoms with Crippen LogP contribution in [0.3, 0.4) is 0 Å². The molecule has 30 heavy (non-hydrogen) atoms. The molecule has 8 nitrogen and oxygen atoms in total. The summed E-state index contributed by atoms with van der Waals surface area (Å²) in [6.07, 6.45) is 4.15. The zero-order valence-corrected chi connectivity index (χ0v) is 16.2. The molecule has 0 atom stereocenters. The Morgan fingerprint density at radius 3 is 2.77 bits per heavy atom. The van der Waals surface area contributed by atoms with Crippen LogP contribution in [0.4, 0.5) is 0 Å². The third-order valence-corrected chi connectivity index (χ3v) is 5.22. The molecule has 1 aliphatic heterocycles. The molecular formula is C22H18N4O4. The van der Waals surface area contributed by atoms with Gasteiger partial charge in [0, 0.05) is 31.3 Å². The Kier molecular flexibility index (Phi) is 4.31. The van der Waals surface area contributed by atoms with E-state index in [0.29, 0.717) is 42.2 Å². The second-order valence-electron chi connectivity index (χ2n) is 7.07. The number of fused-ring (bicyclic) bond motifs is 1. The average molecular weight is 402 g/mol. The number of furan rings is 1. The maximum absolute atomic E-state index is 12.8. The Labute approximate surface area is 171 Å². The maximum atomic E-state index is 12.8. The van der Waals surface area contributed by atoms with Crippen LogP contribution in [0.2, 0.25) is 0 Å². The summed E-state index contributed by atoms with van der Waals surface area (Å²) in [5.74, 6) is 1.37. The Bertz CT molecular complexity index is 1330. The van der Waals surface area contributed by atoms with Crippen molar-refractivity contribution >= 4 is 22.5 Å². The van der Waals surface area contributed by atoms with Gasteiger partial charge in [-0.15, -0.1) is 0 Å². The van der Waals surface area contributed by atoms with Crippen LogP contribution >= 0.6 is 0 Å². The number of hydrogen-bond donors (Lipinski definition) is 0. The van der Waals surface area contributed by atoms with E-state index in [4.69, 9.17) is 8.94 Å². The molecule has 0 fully saturated rings. The molecule has 0 unspecified atom stereocenters. The number of hydrogen-bond acceptors (Lipinski definition) is 6. The van der Waals surface area contributed by atoms with Crippen LogP contribution in [0.15, 0.2) is 68.5 Å². The highest BCUT2D eigenvalue weighted by molar-refractivity contribution is 5.93. The monoisotopic (exact) mass is 402 g/mol. The molecule has 0 aliphatic carbocycles. The van der Waals surface area contributed by atoms with Gasteiger partial charge in [0.05, 0.1) is 17.2 Å². The third-order valence-electron chi connectivity index (χ3n) is 5.22. The zero-order chi connectivity index (χ0) is 20.7. The number of para-hydroxylation sites is 1. The minimum atomic E-state index is -0.231. The van der Waals surface area contributed by atoms with E-state index in [-0.39, 0.29) is 17.2 Å². The van der Waals surface area contributed by atoms with Crippen molar-refractivity contribution in [2.24, 2.45) is 0 Å². The summed E-state index contributed by atoms with van der Waals surface area (Å²) >= 11 is 0. The Morgan fingerprint density at radius 1 is 1.13 bits per heavy atom. The Balaban J connectivity index is 1.41. The molecule has 1 amide bonds. The van der Waals surface area contributed by atoms with Crippen molar-refractivity contribution in [3.63, 3.8) is 0 Å². The van der Waals surface area contributed by atoms with Crippen LogP contribution in [0.25, 0.3) is 28.1 Å². The van der Waals surface area contributed by atoms with E-state index >= 15 is 0 Å². The highest BCUT2D eigenvalue weighted by Gasteiger charge is 2.24. The van der Waals surface area contributed by atoms with Gasteiger partial charge in [-0.05, 0) is 37.3 Å². The lowest BCUT2D eigenvalue weighted by Crippen LogP contribution is -2.35. The van der Waals surface area contributed by atoms with Gasteiger partial charge in [0.1, 0.15) is 5.82 Å². The van der Waals surface area contributed by atoms with Crippen molar-refractivity contribution in [3.05, 3.63) is 76.7 Å². The van der Waals surface area contributed by atoms with Gasteiger partial charge in [0.15, 0.2) is 11.5 Å². The second kappa shape index (κ2) is 7.14. The molecule has 1 aliphatic rings. The minimum absolute atomic E-state index is 0.202. The summed E-state index contributed by atoms with van der Waals surface area (Å²) in [7, 11) is 0. The third kappa shape index (κ3) is 3.02. The fraction of sp³-hybridized carbons (Fsp3) is 0.182. The lowest BCUT2D eigenvalue weighted by molar-refractivity contribution is 0.0761. The first-order chi connectivity index (χ1) is 14.6. The normalized spacial score (nSPS) is 14.2. The molecule has 150 valence electrons. The molecule has 3 aromatic heterocycles. The number of benzene rings is 1. The topological polar surface area (TPSA) is 94.4 Å². The van der Waals surface area contributed by atoms with E-state index in [9.17, 15) is 9.59 Å². The van der Waals surface area contributed by atoms with Crippen molar-refractivity contribution in [2.45, 2.75) is 13.3 Å². The minimum Gasteiger partial charge on any atom is -0.461 e. The smallest absolute Gasteiger partial charge is 0.280 e. The average Bonchev–Trinajstić information content (AvgIpc) is 3.46. The molecule has 4 heterocycles. The van der Waals surface area contributed by atoms with Crippen LogP contribution in [0.1, 0.15) is 22.7 Å². The van der Waals surface area contributed by atoms with Crippen LogP contribution in [-0.2, 0) is 0 Å². The molecule has 0 saturated carbocycles. The van der Waals surface area contributed by atoms with Crippen LogP contribution in [-0.4, -0.2) is 38.6 Å². The quantitative estimate of drug-likeness (QED) is 0.522. The number of aromatic nitrogens is 3. The number of aryl methyl sites for hydroxylation is 1. The number of amides is 1. The summed E-state index contributed by atoms with van der Waals surface area (Å²) in [4.78, 5) is 30.9. The predicted octanol–water partition coefficient (Wildman–Crippen LogP) is 3.34. The van der Waals surface area contributed by atoms with Gasteiger partial charge in [-0.3, -0.25) is 9.59 Å². The molecular weight excluding hydrogens is 384 g/mol. The summed E-state index contributed by atoms with van der Waals surface area (Å²) in [6.45, 7) is 2.77. The van der Waals surface area contributed by atoms with Crippen molar-refractivity contribution < 1.29 is 13.7 Å². The molecule has 1 aromatic carbocycles. The lowest BCUT2D eigenvalue weighted by atomic mass is 10.1. The largest absolute Gasteiger partial charge is 0.461 e. The zero-order valence-electron chi connectivity index (χ0n) is 16.2. The molecule has 0 radical (unpaired) electrons. The van der Waals surface area contributed by atoms with E-state index in [0.717, 1.165) is 11.2 Å². The van der Waals surface area contributed by atoms with Gasteiger partial charge in [0.2, 0.25) is 5.76 Å². The van der Waals surface area contributed by atoms with Gasteiger partial charge in [-0.1, -0.05) is 17.3 Å². The Hall–Kier alpha value is -3.94. The maximum Gasteiger partial charge on any atom is 0.280 e. The highest BCUT2D eigenvalue weighted by atomic mass is 16.5. The van der Waals surface area contributed by atoms with E-state index < -0.39 is 0 Å². The molecule has 0 spiro atoms. The van der Waals surface area contributed by atoms with Gasteiger partial charge in [-0.2, -0.15) is 4.98 Å². The highest BCUT2D eigenvalue weighted by Crippen LogP contribution is 2.25. The van der Waals surface area contributed by atoms with E-state index in [1.807, 2.05) is 35.8 Å². The van der Waals surface area contributed by atoms with Gasteiger partial charge in [-0.25, -0.2) is 0 Å². The standard InChI is InChI=1S/C22H18N4O4/c1-14-23-21(27)16-5-2-3-6-18(16)26(14)15-8-10-25(11-9-15)22(28)17-13-20(30-24-17)19-7-4-12-29-19/h2-8,12-13H,9-11H2,1H3. The van der Waals surface area contributed by atoms with Crippen molar-refractivity contribution in [2.75, 3.05) is 13.1 Å². The van der Waals surface area contributed by atoms with Crippen molar-refractivity contribution in [1.82, 2.24) is 19.6 Å². The molecule has 0 N–H and O–H groups in total. The van der Waals surface area contributed by atoms with Crippen molar-refractivity contribution in [3.8, 4) is 11.5 Å². The van der Waals surface area contributed by atoms with Gasteiger partial charge >= 0.3 is 0 Å². The SMILES string of the molecule is Cc1nc(=O)c2ccccc2n1C1=CCN(C(=O)c2cc(-c3ccco3)on2)CC1. The van der Waals surface area contributed by atoms with Gasteiger partial charge in [0.25, 0.3) is 11.5 Å². The molecule has 4 aromatic rings. The number of nitrogens with zero attached hydrogens (tertiary/aromatic N) is 4. The predicted molar refractivity (Wildman–Crippen MR) is 110 cm³/mol. The molecule has 8 heteroatoms. The van der Waals surface area contributed by atoms with Gasteiger partial charge < -0.3 is 18.4 Å². The lowest BCUT2D eigenvalue weighted by Gasteiger charge is -2.27. The summed E-state index contributed by atoms with van der Waals surface area (Å²) in [5.41, 5.74) is 1.84. The van der Waals surface area contributed by atoms with Crippen LogP contribution in [0.5, 0.6) is 0 Å². The van der Waals surface area contributed by atoms with Crippen LogP contribution < -0.4 is 5.56 Å². The van der Waals surface area contributed by atoms with E-state index in [1.54, 1.807) is 29.2 Å². The first-order valence-corrected chi connectivity index (χ1v) is 9.59. The number of rotatable bonds is 3. The number of carbonyl (C=O) groups is 1. The Morgan fingerprint density at radius 2 is 2.00 bits per heavy atom. The van der Waals surface area contributed by atoms with Crippen LogP contribution in [0, 0.1) is 6.92 Å². The van der Waals surface area contributed by atoms with E-state index in [2.05, 4.69) is 10.1 Å². The fourth-order valence-corrected chi connectivity index (χ4v) is 3.76. The first kappa shape index (κ1) is 18.1. The fourth-order valence-electron chi connectivity index (χ4n) is 3.76. The molecule has 0 bridgehead atoms. The van der Waals surface area contributed by atoms with E-state index in [1.165, 1.54) is 6.26 Å². The summed E-state index contributed by atoms with van der Waals surface area (Å²) in [5, 5.41) is 4.47. The molecule has 0 saturated heterocycles. The second-order valence-corrected chi connectivity index (χ2v) is 7.07. The number of carbonyl (C=O) groups excluding carboxylic acids is 1. The summed E-state index contributed by atoms with van der Waals surface area (Å²) in [6, 6.07) is 12.5.